The zero-order chi connectivity index (χ0) is 17.8. The molecular weight excluding hydrogens is 344 g/mol. The predicted octanol–water partition coefficient (Wildman–Crippen LogP) is 4.33. The molecule has 0 unspecified atom stereocenters. The zero-order valence-corrected chi connectivity index (χ0v) is 15.2. The van der Waals surface area contributed by atoms with Crippen molar-refractivity contribution in [2.45, 2.75) is 31.8 Å². The van der Waals surface area contributed by atoms with Gasteiger partial charge >= 0.3 is 6.03 Å². The average Bonchev–Trinajstić information content (AvgIpc) is 3.42. The number of nitrogens with one attached hydrogen (secondary N) is 1. The number of urea groups is 1. The normalized spacial score (nSPS) is 13.4. The van der Waals surface area contributed by atoms with Gasteiger partial charge in [0.25, 0.3) is 0 Å². The van der Waals surface area contributed by atoms with Gasteiger partial charge in [-0.25, -0.2) is 9.78 Å². The van der Waals surface area contributed by atoms with Crippen molar-refractivity contribution < 1.29 is 4.79 Å². The fraction of sp³-hybridized carbons (Fsp3) is 0.250. The Bertz CT molecular complexity index is 862. The van der Waals surface area contributed by atoms with Crippen molar-refractivity contribution >= 4 is 22.5 Å². The van der Waals surface area contributed by atoms with Crippen LogP contribution in [0.2, 0.25) is 0 Å². The summed E-state index contributed by atoms with van der Waals surface area (Å²) in [6.45, 7) is 0.527. The number of aromatic nitrogens is 2. The molecule has 1 aliphatic carbocycles. The molecule has 0 atom stereocenters. The molecule has 0 saturated heterocycles. The number of hydrogen-bond acceptors (Lipinski definition) is 4. The Morgan fingerprint density at radius 1 is 1.12 bits per heavy atom. The number of thiazole rings is 1. The van der Waals surface area contributed by atoms with E-state index < -0.39 is 0 Å². The molecule has 1 aromatic carbocycles. The second kappa shape index (κ2) is 7.66. The van der Waals surface area contributed by atoms with Crippen LogP contribution in [0.5, 0.6) is 0 Å². The Hall–Kier alpha value is -2.73. The van der Waals surface area contributed by atoms with Gasteiger partial charge in [0.2, 0.25) is 0 Å². The second-order valence-electron chi connectivity index (χ2n) is 6.40. The van der Waals surface area contributed by atoms with E-state index >= 15 is 0 Å². The maximum Gasteiger partial charge on any atom is 0.324 e. The minimum atomic E-state index is -0.0984. The van der Waals surface area contributed by atoms with Crippen molar-refractivity contribution in [3.05, 3.63) is 77.1 Å². The Morgan fingerprint density at radius 3 is 2.65 bits per heavy atom. The monoisotopic (exact) mass is 364 g/mol. The highest BCUT2D eigenvalue weighted by Crippen LogP contribution is 2.29. The van der Waals surface area contributed by atoms with Gasteiger partial charge in [0.15, 0.2) is 5.13 Å². The lowest BCUT2D eigenvalue weighted by Crippen LogP contribution is -2.36. The maximum atomic E-state index is 12.7. The third-order valence-corrected chi connectivity index (χ3v) is 5.21. The Balaban J connectivity index is 1.40. The van der Waals surface area contributed by atoms with E-state index in [4.69, 9.17) is 0 Å². The standard InChI is InChI=1S/C20H20N4OS/c25-20(24(17-9-10-17)14-16-8-4-5-11-21-16)23-19-22-13-18(26-19)12-15-6-2-1-3-7-15/h1-8,11,13,17H,9-10,12,14H2,(H,22,23,25). The van der Waals surface area contributed by atoms with E-state index in [9.17, 15) is 4.79 Å². The van der Waals surface area contributed by atoms with Crippen molar-refractivity contribution in [1.82, 2.24) is 14.9 Å². The molecule has 3 aromatic rings. The lowest BCUT2D eigenvalue weighted by molar-refractivity contribution is 0.205. The van der Waals surface area contributed by atoms with Crippen LogP contribution in [0.1, 0.15) is 29.0 Å². The fourth-order valence-electron chi connectivity index (χ4n) is 2.83. The number of anilines is 1. The summed E-state index contributed by atoms with van der Waals surface area (Å²) in [6.07, 6.45) is 6.53. The van der Waals surface area contributed by atoms with Crippen LogP contribution in [-0.4, -0.2) is 26.9 Å². The van der Waals surface area contributed by atoms with E-state index in [1.165, 1.54) is 16.9 Å². The van der Waals surface area contributed by atoms with E-state index in [1.807, 2.05) is 47.5 Å². The third kappa shape index (κ3) is 4.26. The van der Waals surface area contributed by atoms with Crippen LogP contribution < -0.4 is 5.32 Å². The SMILES string of the molecule is O=C(Nc1ncc(Cc2ccccc2)s1)N(Cc1ccccn1)C1CC1. The Kier molecular flexibility index (Phi) is 4.93. The number of benzene rings is 1. The molecule has 5 nitrogen and oxygen atoms in total. The topological polar surface area (TPSA) is 58.1 Å². The van der Waals surface area contributed by atoms with Crippen molar-refractivity contribution in [2.24, 2.45) is 0 Å². The molecule has 26 heavy (non-hydrogen) atoms. The number of carbonyl (C=O) groups excluding carboxylic acids is 1. The van der Waals surface area contributed by atoms with Crippen molar-refractivity contribution in [2.75, 3.05) is 5.32 Å². The highest BCUT2D eigenvalue weighted by atomic mass is 32.1. The van der Waals surface area contributed by atoms with Crippen LogP contribution >= 0.6 is 11.3 Å². The summed E-state index contributed by atoms with van der Waals surface area (Å²) in [6, 6.07) is 16.3. The van der Waals surface area contributed by atoms with Gasteiger partial charge in [-0.3, -0.25) is 10.3 Å². The smallest absolute Gasteiger partial charge is 0.316 e. The van der Waals surface area contributed by atoms with Gasteiger partial charge in [-0.15, -0.1) is 11.3 Å². The van der Waals surface area contributed by atoms with Crippen LogP contribution in [0.3, 0.4) is 0 Å². The first kappa shape index (κ1) is 16.7. The van der Waals surface area contributed by atoms with Gasteiger partial charge in [-0.2, -0.15) is 0 Å². The second-order valence-corrected chi connectivity index (χ2v) is 7.52. The molecule has 0 spiro atoms. The first-order valence-corrected chi connectivity index (χ1v) is 9.56. The number of rotatable bonds is 6. The average molecular weight is 364 g/mol. The molecule has 1 fully saturated rings. The summed E-state index contributed by atoms with van der Waals surface area (Å²) >= 11 is 1.53. The summed E-state index contributed by atoms with van der Waals surface area (Å²) < 4.78 is 0. The molecule has 1 saturated carbocycles. The molecule has 2 amide bonds. The lowest BCUT2D eigenvalue weighted by Gasteiger charge is -2.21. The van der Waals surface area contributed by atoms with Crippen molar-refractivity contribution in [3.63, 3.8) is 0 Å². The van der Waals surface area contributed by atoms with Crippen molar-refractivity contribution in [1.29, 1.82) is 0 Å². The predicted molar refractivity (Wildman–Crippen MR) is 103 cm³/mol. The van der Waals surface area contributed by atoms with E-state index in [0.29, 0.717) is 17.7 Å². The van der Waals surface area contributed by atoms with Gasteiger partial charge in [0.05, 0.1) is 12.2 Å². The minimum absolute atomic E-state index is 0.0984. The zero-order valence-electron chi connectivity index (χ0n) is 14.3. The molecule has 132 valence electrons. The van der Waals surface area contributed by atoms with E-state index in [2.05, 4.69) is 27.4 Å². The first-order valence-electron chi connectivity index (χ1n) is 8.74. The molecule has 2 heterocycles. The number of amides is 2. The number of carbonyl (C=O) groups is 1. The molecule has 6 heteroatoms. The molecule has 2 aromatic heterocycles. The van der Waals surface area contributed by atoms with Gasteiger partial charge in [0, 0.05) is 29.7 Å². The fourth-order valence-corrected chi connectivity index (χ4v) is 3.66. The summed E-state index contributed by atoms with van der Waals surface area (Å²) in [5.74, 6) is 0. The van der Waals surface area contributed by atoms with Crippen LogP contribution in [-0.2, 0) is 13.0 Å². The van der Waals surface area contributed by atoms with E-state index in [1.54, 1.807) is 6.20 Å². The van der Waals surface area contributed by atoms with Crippen LogP contribution in [0.4, 0.5) is 9.93 Å². The lowest BCUT2D eigenvalue weighted by atomic mass is 10.1. The Labute approximate surface area is 156 Å². The van der Waals surface area contributed by atoms with Crippen LogP contribution in [0, 0.1) is 0 Å². The van der Waals surface area contributed by atoms with Gasteiger partial charge in [0.1, 0.15) is 0 Å². The third-order valence-electron chi connectivity index (χ3n) is 4.30. The molecule has 4 rings (SSSR count). The van der Waals surface area contributed by atoms with E-state index in [0.717, 1.165) is 29.8 Å². The number of pyridine rings is 1. The summed E-state index contributed by atoms with van der Waals surface area (Å²) in [4.78, 5) is 24.4. The van der Waals surface area contributed by atoms with Crippen LogP contribution in [0.25, 0.3) is 0 Å². The van der Waals surface area contributed by atoms with Crippen molar-refractivity contribution in [3.8, 4) is 0 Å². The molecular formula is C20H20N4OS. The van der Waals surface area contributed by atoms with Gasteiger partial charge in [-0.1, -0.05) is 36.4 Å². The summed E-state index contributed by atoms with van der Waals surface area (Å²) in [5, 5.41) is 3.60. The molecule has 0 bridgehead atoms. The maximum absolute atomic E-state index is 12.7. The van der Waals surface area contributed by atoms with Gasteiger partial charge < -0.3 is 4.90 Å². The van der Waals surface area contributed by atoms with E-state index in [-0.39, 0.29) is 6.03 Å². The highest BCUT2D eigenvalue weighted by Gasteiger charge is 2.33. The molecule has 1 aliphatic rings. The minimum Gasteiger partial charge on any atom is -0.316 e. The van der Waals surface area contributed by atoms with Crippen LogP contribution in [0.15, 0.2) is 60.9 Å². The summed E-state index contributed by atoms with van der Waals surface area (Å²) in [7, 11) is 0. The molecule has 0 radical (unpaired) electrons. The first-order chi connectivity index (χ1) is 12.8. The number of hydrogen-bond donors (Lipinski definition) is 1. The van der Waals surface area contributed by atoms with Gasteiger partial charge in [-0.05, 0) is 30.5 Å². The summed E-state index contributed by atoms with van der Waals surface area (Å²) in [5.41, 5.74) is 2.14. The Morgan fingerprint density at radius 2 is 1.92 bits per heavy atom. The highest BCUT2D eigenvalue weighted by molar-refractivity contribution is 7.15. The molecule has 1 N–H and O–H groups in total. The largest absolute Gasteiger partial charge is 0.324 e. The molecule has 0 aliphatic heterocycles. The quantitative estimate of drug-likeness (QED) is 0.708. The number of nitrogens with zero attached hydrogens (tertiary/aromatic N) is 3.